The summed E-state index contributed by atoms with van der Waals surface area (Å²) in [6.45, 7) is 0.707. The highest BCUT2D eigenvalue weighted by Crippen LogP contribution is 2.24. The average molecular weight is 249 g/mol. The highest BCUT2D eigenvalue weighted by molar-refractivity contribution is 6.34. The Morgan fingerprint density at radius 3 is 2.47 bits per heavy atom. The third-order valence-corrected chi connectivity index (χ3v) is 1.90. The van der Waals surface area contributed by atoms with Gasteiger partial charge in [-0.15, -0.1) is 0 Å². The fourth-order valence-electron chi connectivity index (χ4n) is 0.905. The smallest absolute Gasteiger partial charge is 0.410 e. The van der Waals surface area contributed by atoms with Gasteiger partial charge in [0.1, 0.15) is 5.75 Å². The molecule has 15 heavy (non-hydrogen) atoms. The van der Waals surface area contributed by atoms with Gasteiger partial charge in [0.2, 0.25) is 0 Å². The molecule has 0 fully saturated rings. The molecule has 0 saturated carbocycles. The zero-order valence-corrected chi connectivity index (χ0v) is 9.31. The summed E-state index contributed by atoms with van der Waals surface area (Å²) in [5.74, 6) is 0.294. The number of ether oxygens (including phenoxy) is 1. The summed E-state index contributed by atoms with van der Waals surface area (Å²) in [5.41, 5.74) is 5.21. The van der Waals surface area contributed by atoms with Crippen LogP contribution in [0.2, 0.25) is 10.0 Å². The molecule has 4 nitrogen and oxygen atoms in total. The Morgan fingerprint density at radius 1 is 1.33 bits per heavy atom. The Hall–Kier alpha value is -0.970. The van der Waals surface area contributed by atoms with Gasteiger partial charge in [-0.3, -0.25) is 0 Å². The van der Waals surface area contributed by atoms with E-state index in [2.05, 4.69) is 5.32 Å². The van der Waals surface area contributed by atoms with E-state index in [-0.39, 0.29) is 0 Å². The maximum absolute atomic E-state index is 11.1. The molecule has 3 N–H and O–H groups in total. The molecule has 1 aromatic carbocycles. The second kappa shape index (κ2) is 5.80. The Morgan fingerprint density at radius 2 is 1.93 bits per heavy atom. The van der Waals surface area contributed by atoms with Crippen molar-refractivity contribution in [3.05, 3.63) is 28.2 Å². The summed E-state index contributed by atoms with van der Waals surface area (Å²) in [7, 11) is 0. The lowest BCUT2D eigenvalue weighted by atomic mass is 10.3. The first-order valence-electron chi connectivity index (χ1n) is 4.23. The third kappa shape index (κ3) is 4.38. The van der Waals surface area contributed by atoms with Gasteiger partial charge in [-0.25, -0.2) is 4.79 Å². The zero-order valence-electron chi connectivity index (χ0n) is 7.80. The van der Waals surface area contributed by atoms with E-state index < -0.39 is 6.09 Å². The van der Waals surface area contributed by atoms with Crippen LogP contribution in [0.15, 0.2) is 18.2 Å². The van der Waals surface area contributed by atoms with Crippen LogP contribution in [-0.2, 0) is 0 Å². The van der Waals surface area contributed by atoms with Crippen LogP contribution in [0.5, 0.6) is 5.75 Å². The number of halogens is 2. The normalized spacial score (nSPS) is 9.80. The molecular formula is C9H10Cl2N2O2. The average Bonchev–Trinajstić information content (AvgIpc) is 2.13. The molecule has 0 saturated heterocycles. The molecule has 82 valence electrons. The minimum atomic E-state index is -0.584. The number of carbonyl (C=O) groups excluding carboxylic acids is 1. The maximum atomic E-state index is 11.1. The summed E-state index contributed by atoms with van der Waals surface area (Å²) < 4.78 is 4.90. The molecular weight excluding hydrogens is 239 g/mol. The molecule has 6 heteroatoms. The molecule has 0 aliphatic rings. The molecule has 0 heterocycles. The van der Waals surface area contributed by atoms with Crippen LogP contribution in [-0.4, -0.2) is 19.2 Å². The van der Waals surface area contributed by atoms with Gasteiger partial charge in [-0.05, 0) is 18.2 Å². The SMILES string of the molecule is NCCNC(=O)Oc1cc(Cl)cc(Cl)c1. The molecule has 0 aromatic heterocycles. The maximum Gasteiger partial charge on any atom is 0.412 e. The van der Waals surface area contributed by atoms with Crippen LogP contribution >= 0.6 is 23.2 Å². The Balaban J connectivity index is 2.60. The second-order valence-electron chi connectivity index (χ2n) is 2.71. The monoisotopic (exact) mass is 248 g/mol. The third-order valence-electron chi connectivity index (χ3n) is 1.46. The Labute approximate surface area is 97.3 Å². The highest BCUT2D eigenvalue weighted by Gasteiger charge is 2.04. The van der Waals surface area contributed by atoms with Gasteiger partial charge < -0.3 is 15.8 Å². The summed E-state index contributed by atoms with van der Waals surface area (Å²) in [6.07, 6.45) is -0.584. The summed E-state index contributed by atoms with van der Waals surface area (Å²) in [4.78, 5) is 11.1. The Bertz CT molecular complexity index is 338. The van der Waals surface area contributed by atoms with Gasteiger partial charge >= 0.3 is 6.09 Å². The lowest BCUT2D eigenvalue weighted by molar-refractivity contribution is 0.201. The van der Waals surface area contributed by atoms with E-state index >= 15 is 0 Å². The molecule has 1 rings (SSSR count). The van der Waals surface area contributed by atoms with Gasteiger partial charge in [-0.1, -0.05) is 23.2 Å². The van der Waals surface area contributed by atoms with Gasteiger partial charge in [0.15, 0.2) is 0 Å². The number of nitrogens with one attached hydrogen (secondary N) is 1. The number of rotatable bonds is 3. The number of nitrogens with two attached hydrogens (primary N) is 1. The van der Waals surface area contributed by atoms with Crippen LogP contribution in [0.25, 0.3) is 0 Å². The highest BCUT2D eigenvalue weighted by atomic mass is 35.5. The van der Waals surface area contributed by atoms with Crippen LogP contribution in [0.4, 0.5) is 4.79 Å². The summed E-state index contributed by atoms with van der Waals surface area (Å²) >= 11 is 11.4. The van der Waals surface area contributed by atoms with Crippen molar-refractivity contribution in [2.45, 2.75) is 0 Å². The molecule has 0 aliphatic carbocycles. The molecule has 0 unspecified atom stereocenters. The topological polar surface area (TPSA) is 64.3 Å². The van der Waals surface area contributed by atoms with Gasteiger partial charge in [0, 0.05) is 23.1 Å². The molecule has 1 amide bonds. The lowest BCUT2D eigenvalue weighted by Gasteiger charge is -2.06. The quantitative estimate of drug-likeness (QED) is 0.861. The zero-order chi connectivity index (χ0) is 11.3. The van der Waals surface area contributed by atoms with E-state index in [1.165, 1.54) is 12.1 Å². The van der Waals surface area contributed by atoms with E-state index in [9.17, 15) is 4.79 Å². The predicted molar refractivity (Wildman–Crippen MR) is 59.5 cm³/mol. The first kappa shape index (κ1) is 12.1. The molecule has 0 bridgehead atoms. The van der Waals surface area contributed by atoms with Crippen molar-refractivity contribution in [3.63, 3.8) is 0 Å². The molecule has 0 radical (unpaired) electrons. The second-order valence-corrected chi connectivity index (χ2v) is 3.58. The van der Waals surface area contributed by atoms with E-state index in [0.717, 1.165) is 0 Å². The largest absolute Gasteiger partial charge is 0.412 e. The molecule has 0 spiro atoms. The number of benzene rings is 1. The van der Waals surface area contributed by atoms with Crippen LogP contribution < -0.4 is 15.8 Å². The van der Waals surface area contributed by atoms with Crippen molar-refractivity contribution in [3.8, 4) is 5.75 Å². The fourth-order valence-corrected chi connectivity index (χ4v) is 1.41. The molecule has 1 aromatic rings. The molecule has 0 aliphatic heterocycles. The van der Waals surface area contributed by atoms with E-state index in [1.54, 1.807) is 6.07 Å². The number of carbonyl (C=O) groups is 1. The van der Waals surface area contributed by atoms with E-state index in [4.69, 9.17) is 33.7 Å². The van der Waals surface area contributed by atoms with Crippen molar-refractivity contribution in [2.75, 3.05) is 13.1 Å². The van der Waals surface area contributed by atoms with E-state index in [0.29, 0.717) is 28.9 Å². The lowest BCUT2D eigenvalue weighted by Crippen LogP contribution is -2.31. The summed E-state index contributed by atoms with van der Waals surface area (Å²) in [6, 6.07) is 4.54. The van der Waals surface area contributed by atoms with Crippen molar-refractivity contribution in [1.82, 2.24) is 5.32 Å². The van der Waals surface area contributed by atoms with Crippen molar-refractivity contribution < 1.29 is 9.53 Å². The summed E-state index contributed by atoms with van der Waals surface area (Å²) in [5, 5.41) is 3.26. The van der Waals surface area contributed by atoms with Crippen LogP contribution in [0.3, 0.4) is 0 Å². The minimum absolute atomic E-state index is 0.294. The van der Waals surface area contributed by atoms with E-state index in [1.807, 2.05) is 0 Å². The molecule has 0 atom stereocenters. The standard InChI is InChI=1S/C9H10Cl2N2O2/c10-6-3-7(11)5-8(4-6)15-9(14)13-2-1-12/h3-5H,1-2,12H2,(H,13,14). The Kier molecular flexibility index (Phi) is 4.68. The predicted octanol–water partition coefficient (Wildman–Crippen LogP) is 2.04. The number of hydrogen-bond acceptors (Lipinski definition) is 3. The minimum Gasteiger partial charge on any atom is -0.410 e. The van der Waals surface area contributed by atoms with Crippen LogP contribution in [0, 0.1) is 0 Å². The van der Waals surface area contributed by atoms with Gasteiger partial charge in [-0.2, -0.15) is 0 Å². The van der Waals surface area contributed by atoms with Gasteiger partial charge in [0.05, 0.1) is 0 Å². The first-order chi connectivity index (χ1) is 7.11. The fraction of sp³-hybridized carbons (Fsp3) is 0.222. The first-order valence-corrected chi connectivity index (χ1v) is 4.99. The number of amides is 1. The van der Waals surface area contributed by atoms with Crippen molar-refractivity contribution in [1.29, 1.82) is 0 Å². The van der Waals surface area contributed by atoms with Crippen LogP contribution in [0.1, 0.15) is 0 Å². The number of hydrogen-bond donors (Lipinski definition) is 2. The van der Waals surface area contributed by atoms with Crippen molar-refractivity contribution >= 4 is 29.3 Å². The van der Waals surface area contributed by atoms with Crippen molar-refractivity contribution in [2.24, 2.45) is 5.73 Å². The van der Waals surface area contributed by atoms with Gasteiger partial charge in [0.25, 0.3) is 0 Å².